The smallest absolute Gasteiger partial charge is 0.0951 e. The number of nitrogens with zero attached hydrogens (tertiary/aromatic N) is 3. The molecule has 0 saturated heterocycles. The first-order valence-electron chi connectivity index (χ1n) is 3.97. The van der Waals surface area contributed by atoms with Gasteiger partial charge < -0.3 is 0 Å². The molecule has 0 saturated carbocycles. The van der Waals surface area contributed by atoms with Crippen molar-refractivity contribution in [3.63, 3.8) is 0 Å². The monoisotopic (exact) mass is 205 g/mol. The molecule has 0 fully saturated rings. The Morgan fingerprint density at radius 3 is 3.00 bits per heavy atom. The van der Waals surface area contributed by atoms with Gasteiger partial charge in [0.15, 0.2) is 0 Å². The van der Waals surface area contributed by atoms with Crippen LogP contribution in [-0.2, 0) is 0 Å². The highest BCUT2D eigenvalue weighted by Crippen LogP contribution is 2.17. The lowest BCUT2D eigenvalue weighted by Crippen LogP contribution is -2.05. The Morgan fingerprint density at radius 2 is 2.21 bits per heavy atom. The van der Waals surface area contributed by atoms with Crippen molar-refractivity contribution in [2.75, 3.05) is 0 Å². The van der Waals surface area contributed by atoms with Crippen molar-refractivity contribution < 1.29 is 0 Å². The highest BCUT2D eigenvalue weighted by molar-refractivity contribution is 6.05. The molecule has 2 rings (SSSR count). The summed E-state index contributed by atoms with van der Waals surface area (Å²) in [6, 6.07) is 2.12. The largest absolute Gasteiger partial charge is 0.259 e. The molecule has 70 valence electrons. The molecule has 2 aliphatic rings. The molecule has 4 heteroatoms. The zero-order chi connectivity index (χ0) is 9.10. The lowest BCUT2D eigenvalue weighted by atomic mass is 10.0. The van der Waals surface area contributed by atoms with Crippen LogP contribution < -0.4 is 0 Å². The second kappa shape index (κ2) is 4.54. The van der Waals surface area contributed by atoms with Crippen LogP contribution in [0.2, 0.25) is 0 Å². The third-order valence-electron chi connectivity index (χ3n) is 1.86. The van der Waals surface area contributed by atoms with Gasteiger partial charge in [-0.1, -0.05) is 0 Å². The number of halogens is 1. The van der Waals surface area contributed by atoms with Crippen LogP contribution in [0.25, 0.3) is 0 Å². The summed E-state index contributed by atoms with van der Waals surface area (Å²) < 4.78 is 0. The van der Waals surface area contributed by atoms with Crippen molar-refractivity contribution in [1.82, 2.24) is 0 Å². The van der Waals surface area contributed by atoms with E-state index < -0.39 is 0 Å². The molecule has 1 aliphatic carbocycles. The molecule has 0 N–H and O–H groups in total. The average Bonchev–Trinajstić information content (AvgIpc) is 2.41. The minimum Gasteiger partial charge on any atom is -0.259 e. The number of nitriles is 1. The second-order valence-electron chi connectivity index (χ2n) is 2.73. The van der Waals surface area contributed by atoms with Crippen molar-refractivity contribution in [3.8, 4) is 6.07 Å². The van der Waals surface area contributed by atoms with Gasteiger partial charge in [-0.05, 0) is 18.2 Å². The Bertz CT molecular complexity index is 419. The topological polar surface area (TPSA) is 48.5 Å². The first-order valence-corrected chi connectivity index (χ1v) is 3.97. The number of rotatable bonds is 0. The van der Waals surface area contributed by atoms with Crippen molar-refractivity contribution in [2.24, 2.45) is 9.98 Å². The van der Waals surface area contributed by atoms with E-state index in [-0.39, 0.29) is 12.4 Å². The van der Waals surface area contributed by atoms with E-state index in [1.54, 1.807) is 24.6 Å². The first-order chi connectivity index (χ1) is 6.40. The van der Waals surface area contributed by atoms with E-state index in [4.69, 9.17) is 5.26 Å². The molecule has 0 atom stereocenters. The molecule has 14 heavy (non-hydrogen) atoms. The lowest BCUT2D eigenvalue weighted by Gasteiger charge is -2.07. The van der Waals surface area contributed by atoms with Crippen LogP contribution >= 0.6 is 12.4 Å². The number of aliphatic imine (C=N–C) groups is 2. The maximum atomic E-state index is 8.69. The van der Waals surface area contributed by atoms with Gasteiger partial charge in [0.1, 0.15) is 0 Å². The fourth-order valence-electron chi connectivity index (χ4n) is 1.21. The van der Waals surface area contributed by atoms with Gasteiger partial charge in [-0.3, -0.25) is 9.98 Å². The van der Waals surface area contributed by atoms with Gasteiger partial charge in [0.25, 0.3) is 0 Å². The molecule has 0 spiro atoms. The van der Waals surface area contributed by atoms with E-state index in [2.05, 4.69) is 16.1 Å². The van der Waals surface area contributed by atoms with Crippen LogP contribution in [0.5, 0.6) is 0 Å². The molecule has 3 nitrogen and oxygen atoms in total. The summed E-state index contributed by atoms with van der Waals surface area (Å²) in [6.07, 6.45) is 9.37. The fraction of sp³-hybridized carbons (Fsp3) is 0.100. The third-order valence-corrected chi connectivity index (χ3v) is 1.86. The number of hydrogen-bond acceptors (Lipinski definition) is 3. The van der Waals surface area contributed by atoms with Crippen LogP contribution in [0.15, 0.2) is 45.7 Å². The molecule has 0 radical (unpaired) electrons. The van der Waals surface area contributed by atoms with Crippen molar-refractivity contribution in [2.45, 2.75) is 6.42 Å². The van der Waals surface area contributed by atoms with Crippen molar-refractivity contribution >= 4 is 24.3 Å². The summed E-state index contributed by atoms with van der Waals surface area (Å²) in [7, 11) is 0. The van der Waals surface area contributed by atoms with Gasteiger partial charge in [-0.25, -0.2) is 0 Å². The highest BCUT2D eigenvalue weighted by atomic mass is 35.5. The van der Waals surface area contributed by atoms with Crippen LogP contribution in [-0.4, -0.2) is 11.9 Å². The molecule has 1 aliphatic heterocycles. The minimum atomic E-state index is 0. The van der Waals surface area contributed by atoms with Gasteiger partial charge in [-0.15, -0.1) is 12.4 Å². The standard InChI is InChI=1S/C10H7N3.ClH/c11-7-8-2-3-9-10(6-8)13-5-1-4-12-9;/h1-5H,6H2;1H. The molecule has 0 aromatic heterocycles. The SMILES string of the molecule is Cl.N#CC1=CC=C2N=CC=CN=C2C1. The van der Waals surface area contributed by atoms with Crippen LogP contribution in [0, 0.1) is 11.3 Å². The van der Waals surface area contributed by atoms with E-state index in [0.717, 1.165) is 17.0 Å². The predicted molar refractivity (Wildman–Crippen MR) is 58.7 cm³/mol. The third kappa shape index (κ3) is 1.98. The summed E-state index contributed by atoms with van der Waals surface area (Å²) in [4.78, 5) is 8.37. The van der Waals surface area contributed by atoms with Crippen molar-refractivity contribution in [3.05, 3.63) is 35.7 Å². The minimum absolute atomic E-state index is 0. The van der Waals surface area contributed by atoms with E-state index in [1.807, 2.05) is 6.08 Å². The van der Waals surface area contributed by atoms with Crippen molar-refractivity contribution in [1.29, 1.82) is 5.26 Å². The molecule has 1 heterocycles. The maximum Gasteiger partial charge on any atom is 0.0951 e. The van der Waals surface area contributed by atoms with Gasteiger partial charge in [-0.2, -0.15) is 5.26 Å². The summed E-state index contributed by atoms with van der Waals surface area (Å²) in [6.45, 7) is 0. The average molecular weight is 206 g/mol. The Labute approximate surface area is 88.3 Å². The second-order valence-corrected chi connectivity index (χ2v) is 2.73. The maximum absolute atomic E-state index is 8.69. The van der Waals surface area contributed by atoms with Gasteiger partial charge >= 0.3 is 0 Å². The molecule has 0 amide bonds. The number of fused-ring (bicyclic) bond motifs is 1. The fourth-order valence-corrected chi connectivity index (χ4v) is 1.21. The summed E-state index contributed by atoms with van der Waals surface area (Å²) in [5.74, 6) is 0. The van der Waals surface area contributed by atoms with E-state index in [0.29, 0.717) is 6.42 Å². The van der Waals surface area contributed by atoms with Crippen LogP contribution in [0.4, 0.5) is 0 Å². The Morgan fingerprint density at radius 1 is 1.36 bits per heavy atom. The normalized spacial score (nSPS) is 17.8. The van der Waals surface area contributed by atoms with Gasteiger partial charge in [0.2, 0.25) is 0 Å². The van der Waals surface area contributed by atoms with Gasteiger partial charge in [0.05, 0.1) is 17.5 Å². The summed E-state index contributed by atoms with van der Waals surface area (Å²) in [5, 5.41) is 8.69. The molecule has 0 bridgehead atoms. The van der Waals surface area contributed by atoms with Gasteiger partial charge in [0, 0.05) is 24.4 Å². The van der Waals surface area contributed by atoms with E-state index in [9.17, 15) is 0 Å². The molecule has 0 aromatic rings. The zero-order valence-corrected chi connectivity index (χ0v) is 8.16. The quantitative estimate of drug-likeness (QED) is 0.598. The van der Waals surface area contributed by atoms with Crippen LogP contribution in [0.3, 0.4) is 0 Å². The summed E-state index contributed by atoms with van der Waals surface area (Å²) >= 11 is 0. The van der Waals surface area contributed by atoms with E-state index >= 15 is 0 Å². The Kier molecular flexibility index (Phi) is 3.38. The lowest BCUT2D eigenvalue weighted by molar-refractivity contribution is 1.25. The Hall–Kier alpha value is -1.66. The zero-order valence-electron chi connectivity index (χ0n) is 7.34. The molecule has 0 aromatic carbocycles. The van der Waals surface area contributed by atoms with Crippen LogP contribution in [0.1, 0.15) is 6.42 Å². The first kappa shape index (κ1) is 10.4. The molecular formula is C10H8ClN3. The number of hydrogen-bond donors (Lipinski definition) is 0. The predicted octanol–water partition coefficient (Wildman–Crippen LogP) is 2.18. The van der Waals surface area contributed by atoms with E-state index in [1.165, 1.54) is 0 Å². The molecule has 0 unspecified atom stereocenters. The number of allylic oxidation sites excluding steroid dienone is 5. The highest BCUT2D eigenvalue weighted by Gasteiger charge is 2.12. The molecular weight excluding hydrogens is 198 g/mol. The summed E-state index contributed by atoms with van der Waals surface area (Å²) in [5.41, 5.74) is 2.45. The Balaban J connectivity index is 0.000000980.